The number of rotatable bonds is 4. The zero-order valence-electron chi connectivity index (χ0n) is 11.6. The van der Waals surface area contributed by atoms with E-state index in [1.807, 2.05) is 0 Å². The number of aliphatic hydroxyl groups excluding tert-OH is 1. The van der Waals surface area contributed by atoms with E-state index >= 15 is 0 Å². The van der Waals surface area contributed by atoms with Gasteiger partial charge in [-0.1, -0.05) is 26.7 Å². The molecule has 1 aromatic rings. The molecule has 1 unspecified atom stereocenters. The van der Waals surface area contributed by atoms with Crippen molar-refractivity contribution in [2.45, 2.75) is 52.1 Å². The van der Waals surface area contributed by atoms with Crippen molar-refractivity contribution in [2.24, 2.45) is 11.3 Å². The van der Waals surface area contributed by atoms with E-state index in [1.54, 1.807) is 0 Å². The summed E-state index contributed by atoms with van der Waals surface area (Å²) in [7, 11) is 0. The highest BCUT2D eigenvalue weighted by Crippen LogP contribution is 2.52. The van der Waals surface area contributed by atoms with Crippen LogP contribution in [0.2, 0.25) is 0 Å². The average molecular weight is 268 g/mol. The van der Waals surface area contributed by atoms with Crippen LogP contribution in [0.5, 0.6) is 0 Å². The van der Waals surface area contributed by atoms with E-state index in [0.29, 0.717) is 5.92 Å². The maximum atomic E-state index is 13.9. The second-order valence-electron chi connectivity index (χ2n) is 6.24. The van der Waals surface area contributed by atoms with Gasteiger partial charge in [0.2, 0.25) is 0 Å². The van der Waals surface area contributed by atoms with Gasteiger partial charge in [-0.3, -0.25) is 0 Å². The first-order chi connectivity index (χ1) is 8.94. The summed E-state index contributed by atoms with van der Waals surface area (Å²) in [6, 6.07) is 3.33. The molecular formula is C16H22F2O. The van der Waals surface area contributed by atoms with E-state index in [-0.39, 0.29) is 11.0 Å². The highest BCUT2D eigenvalue weighted by atomic mass is 19.1. The molecule has 0 heterocycles. The summed E-state index contributed by atoms with van der Waals surface area (Å²) in [6.07, 6.45) is 3.84. The molecule has 1 aliphatic carbocycles. The fourth-order valence-electron chi connectivity index (χ4n) is 3.54. The zero-order chi connectivity index (χ0) is 14.0. The molecule has 0 radical (unpaired) electrons. The molecular weight excluding hydrogens is 246 g/mol. The van der Waals surface area contributed by atoms with Crippen molar-refractivity contribution in [1.29, 1.82) is 0 Å². The maximum absolute atomic E-state index is 13.9. The molecule has 1 aliphatic rings. The highest BCUT2D eigenvalue weighted by molar-refractivity contribution is 5.23. The van der Waals surface area contributed by atoms with E-state index < -0.39 is 17.7 Å². The van der Waals surface area contributed by atoms with E-state index in [4.69, 9.17) is 0 Å². The first-order valence-electron chi connectivity index (χ1n) is 7.08. The van der Waals surface area contributed by atoms with Crippen LogP contribution in [-0.4, -0.2) is 5.11 Å². The van der Waals surface area contributed by atoms with Crippen LogP contribution in [0.25, 0.3) is 0 Å². The standard InChI is InChI=1S/C16H22F2O/c1-11(2)10-16(7-3-4-8-16)15(19)13-9-12(17)5-6-14(13)18/h5-6,9,11,15,19H,3-4,7-8,10H2,1-2H3. The fraction of sp³-hybridized carbons (Fsp3) is 0.625. The Bertz CT molecular complexity index is 436. The van der Waals surface area contributed by atoms with E-state index in [2.05, 4.69) is 13.8 Å². The lowest BCUT2D eigenvalue weighted by Crippen LogP contribution is -2.28. The predicted molar refractivity (Wildman–Crippen MR) is 71.7 cm³/mol. The lowest BCUT2D eigenvalue weighted by molar-refractivity contribution is 0.00856. The molecule has 3 heteroatoms. The molecule has 0 aromatic heterocycles. The Kier molecular flexibility index (Phi) is 4.24. The van der Waals surface area contributed by atoms with E-state index in [9.17, 15) is 13.9 Å². The van der Waals surface area contributed by atoms with E-state index in [0.717, 1.165) is 50.3 Å². The minimum Gasteiger partial charge on any atom is -0.388 e. The number of aliphatic hydroxyl groups is 1. The molecule has 0 amide bonds. The summed E-state index contributed by atoms with van der Waals surface area (Å²) in [4.78, 5) is 0. The predicted octanol–water partition coefficient (Wildman–Crippen LogP) is 4.60. The molecule has 0 bridgehead atoms. The molecule has 0 saturated heterocycles. The second-order valence-corrected chi connectivity index (χ2v) is 6.24. The molecule has 1 fully saturated rings. The highest BCUT2D eigenvalue weighted by Gasteiger charge is 2.42. The molecule has 0 aliphatic heterocycles. The van der Waals surface area contributed by atoms with Crippen LogP contribution in [0.3, 0.4) is 0 Å². The molecule has 19 heavy (non-hydrogen) atoms. The quantitative estimate of drug-likeness (QED) is 0.845. The van der Waals surface area contributed by atoms with Gasteiger partial charge in [-0.2, -0.15) is 0 Å². The summed E-state index contributed by atoms with van der Waals surface area (Å²) in [5, 5.41) is 10.6. The van der Waals surface area contributed by atoms with Gasteiger partial charge in [-0.15, -0.1) is 0 Å². The fourth-order valence-corrected chi connectivity index (χ4v) is 3.54. The van der Waals surface area contributed by atoms with Gasteiger partial charge in [0, 0.05) is 11.0 Å². The summed E-state index contributed by atoms with van der Waals surface area (Å²) >= 11 is 0. The average Bonchev–Trinajstić information content (AvgIpc) is 2.80. The van der Waals surface area contributed by atoms with Gasteiger partial charge in [0.25, 0.3) is 0 Å². The maximum Gasteiger partial charge on any atom is 0.129 e. The normalized spacial score (nSPS) is 19.9. The summed E-state index contributed by atoms with van der Waals surface area (Å²) in [6.45, 7) is 4.21. The van der Waals surface area contributed by atoms with Crippen LogP contribution >= 0.6 is 0 Å². The SMILES string of the molecule is CC(C)CC1(C(O)c2cc(F)ccc2F)CCCC1. The Morgan fingerprint density at radius 3 is 2.42 bits per heavy atom. The summed E-state index contributed by atoms with van der Waals surface area (Å²) in [5.41, 5.74) is -0.175. The number of hydrogen-bond donors (Lipinski definition) is 1. The van der Waals surface area contributed by atoms with Gasteiger partial charge in [-0.05, 0) is 43.4 Å². The molecule has 1 nitrogen and oxygen atoms in total. The molecule has 1 N–H and O–H groups in total. The Hall–Kier alpha value is -0.960. The van der Waals surface area contributed by atoms with Crippen molar-refractivity contribution >= 4 is 0 Å². The molecule has 106 valence electrons. The van der Waals surface area contributed by atoms with Crippen LogP contribution in [0.1, 0.15) is 57.6 Å². The Balaban J connectivity index is 2.33. The third-order valence-electron chi connectivity index (χ3n) is 4.25. The minimum absolute atomic E-state index is 0.113. The molecule has 2 rings (SSSR count). The third kappa shape index (κ3) is 2.97. The largest absolute Gasteiger partial charge is 0.388 e. The smallest absolute Gasteiger partial charge is 0.129 e. The minimum atomic E-state index is -0.909. The molecule has 1 atom stereocenters. The van der Waals surface area contributed by atoms with Crippen molar-refractivity contribution in [3.63, 3.8) is 0 Å². The first-order valence-corrected chi connectivity index (χ1v) is 7.08. The Morgan fingerprint density at radius 1 is 1.21 bits per heavy atom. The van der Waals surface area contributed by atoms with Crippen LogP contribution in [0, 0.1) is 23.0 Å². The zero-order valence-corrected chi connectivity index (χ0v) is 11.6. The molecule has 0 spiro atoms. The van der Waals surface area contributed by atoms with Crippen molar-refractivity contribution in [3.8, 4) is 0 Å². The van der Waals surface area contributed by atoms with Gasteiger partial charge >= 0.3 is 0 Å². The van der Waals surface area contributed by atoms with Crippen molar-refractivity contribution < 1.29 is 13.9 Å². The van der Waals surface area contributed by atoms with Crippen LogP contribution in [0.15, 0.2) is 18.2 Å². The molecule has 1 aromatic carbocycles. The van der Waals surface area contributed by atoms with Gasteiger partial charge < -0.3 is 5.11 Å². The number of halogens is 2. The Labute approximate surface area is 113 Å². The first kappa shape index (κ1) is 14.4. The number of benzene rings is 1. The van der Waals surface area contributed by atoms with Crippen LogP contribution in [0.4, 0.5) is 8.78 Å². The van der Waals surface area contributed by atoms with E-state index in [1.165, 1.54) is 0 Å². The van der Waals surface area contributed by atoms with Gasteiger partial charge in [0.05, 0.1) is 6.10 Å². The summed E-state index contributed by atoms with van der Waals surface area (Å²) in [5.74, 6) is -0.568. The topological polar surface area (TPSA) is 20.2 Å². The van der Waals surface area contributed by atoms with Gasteiger partial charge in [0.1, 0.15) is 11.6 Å². The van der Waals surface area contributed by atoms with Crippen LogP contribution in [-0.2, 0) is 0 Å². The lowest BCUT2D eigenvalue weighted by atomic mass is 9.72. The van der Waals surface area contributed by atoms with Crippen molar-refractivity contribution in [3.05, 3.63) is 35.4 Å². The van der Waals surface area contributed by atoms with Gasteiger partial charge in [-0.25, -0.2) is 8.78 Å². The summed E-state index contributed by atoms with van der Waals surface area (Å²) < 4.78 is 27.2. The molecule has 1 saturated carbocycles. The van der Waals surface area contributed by atoms with Crippen molar-refractivity contribution in [1.82, 2.24) is 0 Å². The lowest BCUT2D eigenvalue weighted by Gasteiger charge is -2.36. The monoisotopic (exact) mass is 268 g/mol. The number of hydrogen-bond acceptors (Lipinski definition) is 1. The van der Waals surface area contributed by atoms with Crippen LogP contribution < -0.4 is 0 Å². The Morgan fingerprint density at radius 2 is 1.84 bits per heavy atom. The second kappa shape index (κ2) is 5.58. The van der Waals surface area contributed by atoms with Crippen molar-refractivity contribution in [2.75, 3.05) is 0 Å². The van der Waals surface area contributed by atoms with Gasteiger partial charge in [0.15, 0.2) is 0 Å². The third-order valence-corrected chi connectivity index (χ3v) is 4.25.